The number of amides is 1. The van der Waals surface area contributed by atoms with Gasteiger partial charge in [-0.2, -0.15) is 9.90 Å². The number of aryl methyl sites for hydroxylation is 1. The lowest BCUT2D eigenvalue weighted by Crippen LogP contribution is -2.41. The van der Waals surface area contributed by atoms with Gasteiger partial charge in [-0.1, -0.05) is 121 Å². The molecule has 0 saturated carbocycles. The van der Waals surface area contributed by atoms with Gasteiger partial charge in [-0.05, 0) is 211 Å². The summed E-state index contributed by atoms with van der Waals surface area (Å²) in [5.41, 5.74) is 7.02. The number of aliphatic hydroxyl groups is 1. The number of hydrogen-bond donors (Lipinski definition) is 1. The fourth-order valence-corrected chi connectivity index (χ4v) is 11.7. The van der Waals surface area contributed by atoms with E-state index in [1.807, 2.05) is 253 Å². The Kier molecular flexibility index (Phi) is 24.3. The predicted molar refractivity (Wildman–Crippen MR) is 427 cm³/mol. The minimum absolute atomic E-state index is 0.0580. The third-order valence-corrected chi connectivity index (χ3v) is 22.5. The lowest BCUT2D eigenvalue weighted by atomic mass is 9.78. The van der Waals surface area contributed by atoms with Crippen molar-refractivity contribution in [3.63, 3.8) is 0 Å². The molecular formula is C76H105B5N18O13. The van der Waals surface area contributed by atoms with E-state index < -0.39 is 0 Å². The van der Waals surface area contributed by atoms with Crippen LogP contribution in [0.25, 0.3) is 45.6 Å². The highest BCUT2D eigenvalue weighted by atomic mass is 16.7. The number of nitrogens with zero attached hydrogens (tertiary/aromatic N) is 18. The number of hydrogen-bond acceptors (Lipinski definition) is 26. The molecule has 0 aliphatic carbocycles. The number of carbonyl (C=O) groups excluding carboxylic acids is 1. The van der Waals surface area contributed by atoms with Crippen LogP contribution in [0.3, 0.4) is 0 Å². The SMILES string of the molecule is CC(C)n1nnc(-c2ccc(B3OC(C)(C)C(C)(C)O3)cc2)n1.CC1(C)OB(c2ccc(-c3nnn(CO)n3)cc2)OC1(C)C.CN1N=C(c2ccc(B3OC(C)(C)C(C)(C)O3)cc2)CCC1=O.COCn1nnc(-c2ccc(B3OC(C)(C)C(C)(C)O3)cc2)n1.Cn1nnnc1-c1ccc(B2OC(C)(C)C(C)(C)O2)cc1. The van der Waals surface area contributed by atoms with Gasteiger partial charge < -0.3 is 56.4 Å². The van der Waals surface area contributed by atoms with Gasteiger partial charge in [0.25, 0.3) is 0 Å². The molecule has 112 heavy (non-hydrogen) atoms. The first-order valence-electron chi connectivity index (χ1n) is 37.6. The minimum Gasteiger partial charge on any atom is -0.399 e. The summed E-state index contributed by atoms with van der Waals surface area (Å²) in [7, 11) is 3.29. The molecule has 0 spiro atoms. The first-order valence-corrected chi connectivity index (χ1v) is 37.6. The molecule has 5 fully saturated rings. The maximum atomic E-state index is 11.5. The molecule has 0 bridgehead atoms. The molecule has 0 unspecified atom stereocenters. The number of benzene rings is 5. The van der Waals surface area contributed by atoms with E-state index in [0.29, 0.717) is 30.3 Å². The van der Waals surface area contributed by atoms with Crippen LogP contribution < -0.4 is 27.3 Å². The number of rotatable bonds is 14. The molecule has 4 aromatic heterocycles. The average Bonchev–Trinajstić information content (AvgIpc) is 1.65. The van der Waals surface area contributed by atoms with Crippen molar-refractivity contribution < 1.29 is 61.2 Å². The van der Waals surface area contributed by atoms with Gasteiger partial charge in [0.1, 0.15) is 0 Å². The Morgan fingerprint density at radius 3 is 0.964 bits per heavy atom. The predicted octanol–water partition coefficient (Wildman–Crippen LogP) is 7.17. The number of aliphatic hydroxyl groups excluding tert-OH is 1. The highest BCUT2D eigenvalue weighted by molar-refractivity contribution is 6.64. The molecule has 1 amide bonds. The number of carbonyl (C=O) groups is 1. The summed E-state index contributed by atoms with van der Waals surface area (Å²) in [6, 6.07) is 39.6. The van der Waals surface area contributed by atoms with Gasteiger partial charge in [0.15, 0.2) is 19.3 Å². The van der Waals surface area contributed by atoms with Crippen LogP contribution in [-0.2, 0) is 76.6 Å². The fourth-order valence-electron chi connectivity index (χ4n) is 11.7. The third kappa shape index (κ3) is 18.4. The van der Waals surface area contributed by atoms with Crippen LogP contribution in [0.1, 0.15) is 177 Å². The highest BCUT2D eigenvalue weighted by Gasteiger charge is 2.56. The van der Waals surface area contributed by atoms with Gasteiger partial charge in [0.05, 0.1) is 67.8 Å². The Labute approximate surface area is 657 Å². The monoisotopic (exact) mass is 1530 g/mol. The van der Waals surface area contributed by atoms with E-state index in [1.165, 1.54) is 9.81 Å². The van der Waals surface area contributed by atoms with Crippen LogP contribution in [-0.4, -0.2) is 208 Å². The van der Waals surface area contributed by atoms with E-state index >= 15 is 0 Å². The molecule has 15 rings (SSSR count). The van der Waals surface area contributed by atoms with Crippen LogP contribution in [0.5, 0.6) is 0 Å². The first kappa shape index (κ1) is 84.3. The summed E-state index contributed by atoms with van der Waals surface area (Å²) in [6.07, 6.45) is 1.19. The molecule has 592 valence electrons. The van der Waals surface area contributed by atoms with E-state index in [2.05, 4.69) is 94.6 Å². The summed E-state index contributed by atoms with van der Waals surface area (Å²) in [4.78, 5) is 15.6. The average molecular weight is 1530 g/mol. The van der Waals surface area contributed by atoms with E-state index in [4.69, 9.17) is 56.4 Å². The first-order chi connectivity index (χ1) is 52.3. The van der Waals surface area contributed by atoms with Gasteiger partial charge in [-0.15, -0.1) is 45.3 Å². The molecule has 9 aromatic rings. The van der Waals surface area contributed by atoms with Crippen molar-refractivity contribution in [2.45, 2.75) is 241 Å². The largest absolute Gasteiger partial charge is 0.494 e. The zero-order valence-electron chi connectivity index (χ0n) is 69.2. The zero-order chi connectivity index (χ0) is 81.5. The number of methoxy groups -OCH3 is 1. The Morgan fingerprint density at radius 1 is 0.393 bits per heavy atom. The van der Waals surface area contributed by atoms with E-state index in [0.717, 1.165) is 71.5 Å². The smallest absolute Gasteiger partial charge is 0.399 e. The second kappa shape index (κ2) is 32.3. The number of hydrazone groups is 1. The Morgan fingerprint density at radius 2 is 0.688 bits per heavy atom. The minimum atomic E-state index is -0.389. The molecule has 0 radical (unpaired) electrons. The zero-order valence-corrected chi connectivity index (χ0v) is 69.2. The molecule has 1 N–H and O–H groups in total. The van der Waals surface area contributed by atoms with Gasteiger partial charge in [-0.25, -0.2) is 9.69 Å². The highest BCUT2D eigenvalue weighted by Crippen LogP contribution is 2.41. The Bertz CT molecular complexity index is 4640. The number of ether oxygens (including phenoxy) is 1. The summed E-state index contributed by atoms with van der Waals surface area (Å²) in [5, 5.41) is 62.6. The molecule has 31 nitrogen and oxygen atoms in total. The van der Waals surface area contributed by atoms with Crippen LogP contribution in [0, 0.1) is 0 Å². The van der Waals surface area contributed by atoms with Crippen molar-refractivity contribution in [1.29, 1.82) is 0 Å². The molecule has 10 heterocycles. The van der Waals surface area contributed by atoms with Crippen LogP contribution >= 0.6 is 0 Å². The molecule has 6 aliphatic rings. The van der Waals surface area contributed by atoms with E-state index in [1.54, 1.807) is 23.6 Å². The fraction of sp³-hybridized carbons (Fsp3) is 0.526. The third-order valence-electron chi connectivity index (χ3n) is 22.5. The van der Waals surface area contributed by atoms with Crippen LogP contribution in [0.2, 0.25) is 0 Å². The van der Waals surface area contributed by atoms with Crippen molar-refractivity contribution in [3.8, 4) is 45.6 Å². The normalized spacial score (nSPS) is 20.3. The van der Waals surface area contributed by atoms with Crippen LogP contribution in [0.4, 0.5) is 0 Å². The lowest BCUT2D eigenvalue weighted by Gasteiger charge is -2.32. The van der Waals surface area contributed by atoms with Crippen molar-refractivity contribution in [2.24, 2.45) is 12.1 Å². The van der Waals surface area contributed by atoms with Crippen LogP contribution in [0.15, 0.2) is 126 Å². The Balaban J connectivity index is 0.000000138. The van der Waals surface area contributed by atoms with Gasteiger partial charge >= 0.3 is 35.6 Å². The lowest BCUT2D eigenvalue weighted by molar-refractivity contribution is -0.130. The van der Waals surface area contributed by atoms with Gasteiger partial charge in [0.2, 0.25) is 23.4 Å². The second-order valence-electron chi connectivity index (χ2n) is 33.7. The van der Waals surface area contributed by atoms with E-state index in [9.17, 15) is 4.79 Å². The van der Waals surface area contributed by atoms with Gasteiger partial charge in [-0.3, -0.25) is 4.79 Å². The molecular weight excluding hydrogens is 1430 g/mol. The number of tetrazole rings is 4. The summed E-state index contributed by atoms with van der Waals surface area (Å²) < 4.78 is 67.0. The molecule has 36 heteroatoms. The van der Waals surface area contributed by atoms with Crippen molar-refractivity contribution in [2.75, 3.05) is 14.2 Å². The molecule has 5 saturated heterocycles. The number of aromatic nitrogens is 16. The van der Waals surface area contributed by atoms with E-state index in [-0.39, 0.29) is 117 Å². The van der Waals surface area contributed by atoms with Gasteiger partial charge in [0, 0.05) is 56.3 Å². The second-order valence-corrected chi connectivity index (χ2v) is 33.7. The standard InChI is InChI=1S/C17H23BN2O3.C16H23BN4O2.C15H21BN4O3.C14H19BN4O3.C14H19BN4O2/c1-16(2)17(3,4)23-18(22-16)13-8-6-12(7-9-13)14-10-11-15(21)20(5)19-14;1-11(2)21-19-14(18-20-21)12-7-9-13(10-8-12)17-22-15(3,4)16(5,6)23-17;1-14(2)15(3,4)23-16(22-14)12-8-6-11(7-9-12)13-17-19-20(18-13)10-21-5;1-13(2)14(3,4)22-15(21-13)11-7-5-10(6-8-11)12-16-18-19(9-20)17-12;1-13(2)14(3,4)21-15(20-13)11-8-6-10(7-9-11)12-16-17-18-19(12)5/h6-9H,10-11H2,1-5H3;7-11H,1-6H3;6-9H,10H2,1-5H3;5-8,20H,9H2,1-4H3;6-9H,1-5H3. The van der Waals surface area contributed by atoms with Crippen molar-refractivity contribution in [1.82, 2.24) is 85.8 Å². The molecule has 0 atom stereocenters. The van der Waals surface area contributed by atoms with Crippen molar-refractivity contribution in [3.05, 3.63) is 127 Å². The maximum Gasteiger partial charge on any atom is 0.494 e. The topological polar surface area (TPSA) is 329 Å². The Hall–Kier alpha value is -8.64. The molecule has 6 aliphatic heterocycles. The maximum absolute atomic E-state index is 11.5. The van der Waals surface area contributed by atoms with Crippen molar-refractivity contribution >= 4 is 74.5 Å². The quantitative estimate of drug-likeness (QED) is 0.105. The summed E-state index contributed by atoms with van der Waals surface area (Å²) in [6.45, 7) is 44.9. The molecule has 5 aromatic carbocycles. The summed E-state index contributed by atoms with van der Waals surface area (Å²) in [5.74, 6) is 2.44. The summed E-state index contributed by atoms with van der Waals surface area (Å²) >= 11 is 0.